The molecule has 152 valence electrons. The third-order valence-corrected chi connectivity index (χ3v) is 5.05. The maximum Gasteiger partial charge on any atom is 0.261 e. The van der Waals surface area contributed by atoms with E-state index in [9.17, 15) is 14.4 Å². The lowest BCUT2D eigenvalue weighted by atomic mass is 10.0. The molecule has 3 amide bonds. The molecule has 0 fully saturated rings. The Labute approximate surface area is 170 Å². The van der Waals surface area contributed by atoms with Gasteiger partial charge in [-0.05, 0) is 32.3 Å². The first-order chi connectivity index (χ1) is 13.9. The summed E-state index contributed by atoms with van der Waals surface area (Å²) in [5.41, 5.74) is 1.75. The number of para-hydroxylation sites is 1. The SMILES string of the molecule is COc1ccccc1[C@@H](CNC(=O)CCN1C(=O)c2ccccc2C1=O)N(C)C. The van der Waals surface area contributed by atoms with Gasteiger partial charge in [-0.2, -0.15) is 0 Å². The van der Waals surface area contributed by atoms with E-state index in [0.29, 0.717) is 17.7 Å². The van der Waals surface area contributed by atoms with Crippen LogP contribution in [0.2, 0.25) is 0 Å². The molecule has 1 aliphatic rings. The number of carbonyl (C=O) groups excluding carboxylic acids is 3. The second kappa shape index (κ2) is 8.87. The van der Waals surface area contributed by atoms with Crippen molar-refractivity contribution < 1.29 is 19.1 Å². The van der Waals surface area contributed by atoms with Gasteiger partial charge in [0.1, 0.15) is 5.75 Å². The Kier molecular flexibility index (Phi) is 6.29. The predicted molar refractivity (Wildman–Crippen MR) is 109 cm³/mol. The number of hydrogen-bond acceptors (Lipinski definition) is 5. The molecule has 0 bridgehead atoms. The molecule has 0 radical (unpaired) electrons. The molecule has 7 nitrogen and oxygen atoms in total. The van der Waals surface area contributed by atoms with Gasteiger partial charge in [0, 0.05) is 25.1 Å². The van der Waals surface area contributed by atoms with Crippen LogP contribution < -0.4 is 10.1 Å². The number of rotatable bonds is 8. The van der Waals surface area contributed by atoms with E-state index in [1.54, 1.807) is 31.4 Å². The van der Waals surface area contributed by atoms with Crippen LogP contribution in [0.5, 0.6) is 5.75 Å². The fourth-order valence-electron chi connectivity index (χ4n) is 3.47. The number of carbonyl (C=O) groups is 3. The van der Waals surface area contributed by atoms with E-state index in [1.807, 2.05) is 43.3 Å². The second-order valence-electron chi connectivity index (χ2n) is 7.08. The lowest BCUT2D eigenvalue weighted by molar-refractivity contribution is -0.121. The molecule has 0 aromatic heterocycles. The van der Waals surface area contributed by atoms with Crippen molar-refractivity contribution in [3.8, 4) is 5.75 Å². The summed E-state index contributed by atoms with van der Waals surface area (Å²) in [6.07, 6.45) is 0.0531. The number of nitrogens with one attached hydrogen (secondary N) is 1. The minimum Gasteiger partial charge on any atom is -0.496 e. The summed E-state index contributed by atoms with van der Waals surface area (Å²) >= 11 is 0. The molecule has 29 heavy (non-hydrogen) atoms. The third kappa shape index (κ3) is 4.30. The van der Waals surface area contributed by atoms with Crippen molar-refractivity contribution >= 4 is 17.7 Å². The van der Waals surface area contributed by atoms with Crippen LogP contribution in [0.4, 0.5) is 0 Å². The van der Waals surface area contributed by atoms with Gasteiger partial charge in [0.15, 0.2) is 0 Å². The molecule has 0 spiro atoms. The summed E-state index contributed by atoms with van der Waals surface area (Å²) in [4.78, 5) is 40.3. The number of fused-ring (bicyclic) bond motifs is 1. The molecule has 1 N–H and O–H groups in total. The fraction of sp³-hybridized carbons (Fsp3) is 0.318. The zero-order valence-corrected chi connectivity index (χ0v) is 16.8. The zero-order chi connectivity index (χ0) is 21.0. The van der Waals surface area contributed by atoms with Crippen molar-refractivity contribution in [1.82, 2.24) is 15.1 Å². The predicted octanol–water partition coefficient (Wildman–Crippen LogP) is 2.10. The molecule has 3 rings (SSSR count). The molecule has 2 aromatic carbocycles. The van der Waals surface area contributed by atoms with E-state index >= 15 is 0 Å². The second-order valence-corrected chi connectivity index (χ2v) is 7.08. The summed E-state index contributed by atoms with van der Waals surface area (Å²) in [6, 6.07) is 14.3. The van der Waals surface area contributed by atoms with Crippen molar-refractivity contribution in [2.45, 2.75) is 12.5 Å². The molecule has 0 saturated heterocycles. The summed E-state index contributed by atoms with van der Waals surface area (Å²) in [5.74, 6) is -0.160. The van der Waals surface area contributed by atoms with Gasteiger partial charge in [0.2, 0.25) is 5.91 Å². The van der Waals surface area contributed by atoms with Gasteiger partial charge in [-0.15, -0.1) is 0 Å². The van der Waals surface area contributed by atoms with Crippen LogP contribution in [0.1, 0.15) is 38.7 Å². The van der Waals surface area contributed by atoms with Crippen LogP contribution >= 0.6 is 0 Å². The number of benzene rings is 2. The summed E-state index contributed by atoms with van der Waals surface area (Å²) in [7, 11) is 5.48. The molecule has 1 atom stereocenters. The van der Waals surface area contributed by atoms with Gasteiger partial charge < -0.3 is 15.0 Å². The average molecular weight is 395 g/mol. The third-order valence-electron chi connectivity index (χ3n) is 5.05. The summed E-state index contributed by atoms with van der Waals surface area (Å²) in [6.45, 7) is 0.438. The van der Waals surface area contributed by atoms with Crippen LogP contribution in [0, 0.1) is 0 Å². The van der Waals surface area contributed by atoms with Gasteiger partial charge in [0.25, 0.3) is 11.8 Å². The van der Waals surface area contributed by atoms with E-state index in [1.165, 1.54) is 0 Å². The molecule has 0 unspecified atom stereocenters. The van der Waals surface area contributed by atoms with Gasteiger partial charge in [0.05, 0.1) is 24.3 Å². The topological polar surface area (TPSA) is 79.0 Å². The van der Waals surface area contributed by atoms with Crippen molar-refractivity contribution in [2.24, 2.45) is 0 Å². The minimum atomic E-state index is -0.349. The highest BCUT2D eigenvalue weighted by atomic mass is 16.5. The highest BCUT2D eigenvalue weighted by molar-refractivity contribution is 6.21. The average Bonchev–Trinajstić information content (AvgIpc) is 2.97. The quantitative estimate of drug-likeness (QED) is 0.693. The maximum atomic E-state index is 12.4. The van der Waals surface area contributed by atoms with Gasteiger partial charge in [-0.1, -0.05) is 30.3 Å². The number of methoxy groups -OCH3 is 1. The first-order valence-electron chi connectivity index (χ1n) is 9.45. The smallest absolute Gasteiger partial charge is 0.261 e. The number of nitrogens with zero attached hydrogens (tertiary/aromatic N) is 2. The summed E-state index contributed by atoms with van der Waals surface area (Å²) in [5, 5.41) is 2.90. The molecule has 2 aromatic rings. The van der Waals surface area contributed by atoms with Crippen LogP contribution in [0.3, 0.4) is 0 Å². The highest BCUT2D eigenvalue weighted by Crippen LogP contribution is 2.27. The van der Waals surface area contributed by atoms with Crippen LogP contribution in [0.25, 0.3) is 0 Å². The van der Waals surface area contributed by atoms with Crippen LogP contribution in [0.15, 0.2) is 48.5 Å². The fourth-order valence-corrected chi connectivity index (χ4v) is 3.47. The molecular formula is C22H25N3O4. The Hall–Kier alpha value is -3.19. The van der Waals surface area contributed by atoms with Crippen molar-refractivity contribution in [3.05, 3.63) is 65.2 Å². The van der Waals surface area contributed by atoms with Gasteiger partial charge >= 0.3 is 0 Å². The molecule has 0 aliphatic carbocycles. The minimum absolute atomic E-state index is 0.0531. The number of ether oxygens (including phenoxy) is 1. The number of hydrogen-bond donors (Lipinski definition) is 1. The number of amides is 3. The van der Waals surface area contributed by atoms with E-state index in [2.05, 4.69) is 5.32 Å². The Morgan fingerprint density at radius 1 is 1.03 bits per heavy atom. The lowest BCUT2D eigenvalue weighted by Crippen LogP contribution is -2.37. The van der Waals surface area contributed by atoms with Gasteiger partial charge in [-0.3, -0.25) is 19.3 Å². The Balaban J connectivity index is 1.58. The standard InChI is InChI=1S/C22H25N3O4/c1-24(2)18(17-10-6-7-11-19(17)29-3)14-23-20(26)12-13-25-21(27)15-8-4-5-9-16(15)22(25)28/h4-11,18H,12-14H2,1-3H3,(H,23,26)/t18-/m1/s1. The maximum absolute atomic E-state index is 12.4. The van der Waals surface area contributed by atoms with Crippen molar-refractivity contribution in [1.29, 1.82) is 0 Å². The van der Waals surface area contributed by atoms with Crippen molar-refractivity contribution in [2.75, 3.05) is 34.3 Å². The largest absolute Gasteiger partial charge is 0.496 e. The van der Waals surface area contributed by atoms with E-state index in [0.717, 1.165) is 16.2 Å². The number of likely N-dealkylation sites (N-methyl/N-ethyl adjacent to an activating group) is 1. The Bertz CT molecular complexity index is 891. The first-order valence-corrected chi connectivity index (χ1v) is 9.45. The monoisotopic (exact) mass is 395 g/mol. The zero-order valence-electron chi connectivity index (χ0n) is 16.8. The van der Waals surface area contributed by atoms with Crippen molar-refractivity contribution in [3.63, 3.8) is 0 Å². The van der Waals surface area contributed by atoms with Crippen LogP contribution in [-0.4, -0.2) is 61.8 Å². The molecule has 0 saturated carbocycles. The Morgan fingerprint density at radius 2 is 1.62 bits per heavy atom. The molecule has 1 aliphatic heterocycles. The van der Waals surface area contributed by atoms with E-state index in [4.69, 9.17) is 4.74 Å². The first kappa shape index (κ1) is 20.5. The van der Waals surface area contributed by atoms with Crippen LogP contribution in [-0.2, 0) is 4.79 Å². The molecular weight excluding hydrogens is 370 g/mol. The molecule has 1 heterocycles. The summed E-state index contributed by atoms with van der Waals surface area (Å²) < 4.78 is 5.43. The Morgan fingerprint density at radius 3 is 2.21 bits per heavy atom. The number of imide groups is 1. The van der Waals surface area contributed by atoms with Gasteiger partial charge in [-0.25, -0.2) is 0 Å². The normalized spacial score (nSPS) is 14.1. The lowest BCUT2D eigenvalue weighted by Gasteiger charge is -2.26. The molecule has 7 heteroatoms. The highest BCUT2D eigenvalue weighted by Gasteiger charge is 2.35. The van der Waals surface area contributed by atoms with E-state index in [-0.39, 0.29) is 36.7 Å². The van der Waals surface area contributed by atoms with E-state index < -0.39 is 0 Å².